The minimum Gasteiger partial charge on any atom is -0.307 e. The van der Waals surface area contributed by atoms with Crippen LogP contribution in [0.5, 0.6) is 0 Å². The Morgan fingerprint density at radius 2 is 1.94 bits per heavy atom. The van der Waals surface area contributed by atoms with Crippen LogP contribution in [0.3, 0.4) is 0 Å². The van der Waals surface area contributed by atoms with Gasteiger partial charge in [0.25, 0.3) is 0 Å². The Hall–Kier alpha value is -1.31. The maximum Gasteiger partial charge on any atom is 0.0300 e. The molecule has 88 valence electrons. The summed E-state index contributed by atoms with van der Waals surface area (Å²) in [6.07, 6.45) is 1.91. The predicted molar refractivity (Wildman–Crippen MR) is 75.4 cm³/mol. The van der Waals surface area contributed by atoms with E-state index in [1.807, 2.05) is 6.08 Å². The monoisotopic (exact) mass is 245 g/mol. The van der Waals surface area contributed by atoms with E-state index < -0.39 is 0 Å². The van der Waals surface area contributed by atoms with Crippen LogP contribution in [0, 0.1) is 0 Å². The molecule has 2 aromatic rings. The molecular formula is C15H16ClN. The molecule has 2 aromatic carbocycles. The molecule has 0 spiro atoms. The van der Waals surface area contributed by atoms with Gasteiger partial charge in [0.15, 0.2) is 0 Å². The minimum absolute atomic E-state index is 0.314. The lowest BCUT2D eigenvalue weighted by Gasteiger charge is -2.15. The van der Waals surface area contributed by atoms with Crippen molar-refractivity contribution < 1.29 is 0 Å². The van der Waals surface area contributed by atoms with Crippen LogP contribution >= 0.6 is 11.6 Å². The second-order valence-electron chi connectivity index (χ2n) is 4.06. The third-order valence-corrected chi connectivity index (χ3v) is 3.10. The maximum atomic E-state index is 5.51. The van der Waals surface area contributed by atoms with Crippen LogP contribution in [0.15, 0.2) is 54.1 Å². The molecule has 1 atom stereocenters. The summed E-state index contributed by atoms with van der Waals surface area (Å²) in [5, 5.41) is 6.01. The highest BCUT2D eigenvalue weighted by Crippen LogP contribution is 2.23. The molecule has 2 rings (SSSR count). The molecule has 2 heteroatoms. The van der Waals surface area contributed by atoms with Crippen molar-refractivity contribution in [3.8, 4) is 0 Å². The molecule has 0 bridgehead atoms. The molecule has 0 saturated carbocycles. The van der Waals surface area contributed by atoms with Gasteiger partial charge in [-0.2, -0.15) is 0 Å². The Balaban J connectivity index is 2.28. The smallest absolute Gasteiger partial charge is 0.0300 e. The number of fused-ring (bicyclic) bond motifs is 1. The van der Waals surface area contributed by atoms with Gasteiger partial charge in [0, 0.05) is 18.1 Å². The van der Waals surface area contributed by atoms with Crippen molar-refractivity contribution in [3.05, 3.63) is 59.6 Å². The first-order chi connectivity index (χ1) is 8.33. The van der Waals surface area contributed by atoms with Gasteiger partial charge in [-0.15, -0.1) is 0 Å². The maximum absolute atomic E-state index is 5.51. The average molecular weight is 246 g/mol. The molecule has 0 aliphatic heterocycles. The summed E-state index contributed by atoms with van der Waals surface area (Å²) >= 11 is 5.51. The number of benzene rings is 2. The Kier molecular flexibility index (Phi) is 4.18. The molecule has 0 unspecified atom stereocenters. The SMILES string of the molecule is C[C@@H](NC/C=C\Cl)c1cccc2ccccc12. The first-order valence-corrected chi connectivity index (χ1v) is 6.23. The van der Waals surface area contributed by atoms with Crippen LogP contribution < -0.4 is 5.32 Å². The highest BCUT2D eigenvalue weighted by molar-refractivity contribution is 6.25. The lowest BCUT2D eigenvalue weighted by molar-refractivity contribution is 0.622. The topological polar surface area (TPSA) is 12.0 Å². The minimum atomic E-state index is 0.314. The molecule has 0 aromatic heterocycles. The van der Waals surface area contributed by atoms with Gasteiger partial charge in [0.2, 0.25) is 0 Å². The third-order valence-electron chi connectivity index (χ3n) is 2.92. The summed E-state index contributed by atoms with van der Waals surface area (Å²) in [4.78, 5) is 0. The van der Waals surface area contributed by atoms with Crippen molar-refractivity contribution in [1.29, 1.82) is 0 Å². The first-order valence-electron chi connectivity index (χ1n) is 5.79. The Morgan fingerprint density at radius 1 is 1.18 bits per heavy atom. The summed E-state index contributed by atoms with van der Waals surface area (Å²) in [6, 6.07) is 15.2. The van der Waals surface area contributed by atoms with Gasteiger partial charge in [-0.25, -0.2) is 0 Å². The molecule has 0 aliphatic rings. The lowest BCUT2D eigenvalue weighted by atomic mass is 10.00. The molecule has 17 heavy (non-hydrogen) atoms. The quantitative estimate of drug-likeness (QED) is 0.850. The van der Waals surface area contributed by atoms with Crippen molar-refractivity contribution >= 4 is 22.4 Å². The van der Waals surface area contributed by atoms with E-state index in [4.69, 9.17) is 11.6 Å². The van der Waals surface area contributed by atoms with Crippen LogP contribution in [0.4, 0.5) is 0 Å². The molecule has 0 aliphatic carbocycles. The van der Waals surface area contributed by atoms with Crippen LogP contribution in [-0.4, -0.2) is 6.54 Å². The predicted octanol–water partition coefficient (Wildman–Crippen LogP) is 4.24. The summed E-state index contributed by atoms with van der Waals surface area (Å²) in [6.45, 7) is 2.96. The fraction of sp³-hybridized carbons (Fsp3) is 0.200. The fourth-order valence-corrected chi connectivity index (χ4v) is 2.12. The highest BCUT2D eigenvalue weighted by Gasteiger charge is 2.07. The number of hydrogen-bond acceptors (Lipinski definition) is 1. The van der Waals surface area contributed by atoms with Gasteiger partial charge in [0.1, 0.15) is 0 Å². The van der Waals surface area contributed by atoms with Crippen LogP contribution in [0.1, 0.15) is 18.5 Å². The van der Waals surface area contributed by atoms with E-state index in [0.717, 1.165) is 6.54 Å². The van der Waals surface area contributed by atoms with Gasteiger partial charge in [0.05, 0.1) is 0 Å². The highest BCUT2D eigenvalue weighted by atomic mass is 35.5. The molecule has 1 nitrogen and oxygen atoms in total. The van der Waals surface area contributed by atoms with E-state index in [1.54, 1.807) is 5.54 Å². The van der Waals surface area contributed by atoms with Gasteiger partial charge >= 0.3 is 0 Å². The molecule has 0 heterocycles. The summed E-state index contributed by atoms with van der Waals surface area (Å²) in [5.41, 5.74) is 2.87. The van der Waals surface area contributed by atoms with Crippen LogP contribution in [0.2, 0.25) is 0 Å². The van der Waals surface area contributed by atoms with Crippen molar-refractivity contribution in [1.82, 2.24) is 5.32 Å². The second-order valence-corrected chi connectivity index (χ2v) is 4.31. The van der Waals surface area contributed by atoms with E-state index in [-0.39, 0.29) is 0 Å². The van der Waals surface area contributed by atoms with Gasteiger partial charge in [-0.3, -0.25) is 0 Å². The van der Waals surface area contributed by atoms with E-state index in [9.17, 15) is 0 Å². The molecule has 0 radical (unpaired) electrons. The normalized spacial score (nSPS) is 13.3. The van der Waals surface area contributed by atoms with Crippen molar-refractivity contribution in [2.24, 2.45) is 0 Å². The Labute approximate surface area is 107 Å². The van der Waals surface area contributed by atoms with Crippen LogP contribution in [-0.2, 0) is 0 Å². The average Bonchev–Trinajstić information content (AvgIpc) is 2.38. The summed E-state index contributed by atoms with van der Waals surface area (Å²) in [7, 11) is 0. The zero-order valence-electron chi connectivity index (χ0n) is 9.86. The number of nitrogens with one attached hydrogen (secondary N) is 1. The summed E-state index contributed by atoms with van der Waals surface area (Å²) < 4.78 is 0. The van der Waals surface area contributed by atoms with Gasteiger partial charge in [-0.1, -0.05) is 60.1 Å². The molecule has 0 saturated heterocycles. The third kappa shape index (κ3) is 2.87. The van der Waals surface area contributed by atoms with E-state index >= 15 is 0 Å². The first kappa shape index (κ1) is 12.2. The molecule has 0 fully saturated rings. The van der Waals surface area contributed by atoms with Gasteiger partial charge in [-0.05, 0) is 23.3 Å². The largest absolute Gasteiger partial charge is 0.307 e. The molecule has 0 amide bonds. The van der Waals surface area contributed by atoms with Crippen molar-refractivity contribution in [3.63, 3.8) is 0 Å². The van der Waals surface area contributed by atoms with Gasteiger partial charge < -0.3 is 5.32 Å². The number of rotatable bonds is 4. The van der Waals surface area contributed by atoms with E-state index in [0.29, 0.717) is 6.04 Å². The van der Waals surface area contributed by atoms with E-state index in [1.165, 1.54) is 16.3 Å². The molecular weight excluding hydrogens is 230 g/mol. The van der Waals surface area contributed by atoms with Crippen molar-refractivity contribution in [2.75, 3.05) is 6.54 Å². The number of hydrogen-bond donors (Lipinski definition) is 1. The van der Waals surface area contributed by atoms with E-state index in [2.05, 4.69) is 54.7 Å². The lowest BCUT2D eigenvalue weighted by Crippen LogP contribution is -2.18. The van der Waals surface area contributed by atoms with Crippen LogP contribution in [0.25, 0.3) is 10.8 Å². The fourth-order valence-electron chi connectivity index (χ4n) is 2.03. The van der Waals surface area contributed by atoms with Crippen molar-refractivity contribution in [2.45, 2.75) is 13.0 Å². The standard InChI is InChI=1S/C15H16ClN/c1-12(17-11-5-10-16)14-9-4-7-13-6-2-3-8-15(13)14/h2-10,12,17H,11H2,1H3/b10-5-/t12-/m1/s1. The molecule has 1 N–H and O–H groups in total. The number of halogens is 1. The Bertz CT molecular complexity index is 514. The zero-order valence-corrected chi connectivity index (χ0v) is 10.6. The zero-order chi connectivity index (χ0) is 12.1. The second kappa shape index (κ2) is 5.85. The Morgan fingerprint density at radius 3 is 2.76 bits per heavy atom. The summed E-state index contributed by atoms with van der Waals surface area (Å²) in [5.74, 6) is 0.